The molecule has 22 heavy (non-hydrogen) atoms. The van der Waals surface area contributed by atoms with E-state index in [1.807, 2.05) is 24.3 Å². The molecule has 0 saturated carbocycles. The molecule has 3 rings (SSSR count). The van der Waals surface area contributed by atoms with Gasteiger partial charge in [-0.2, -0.15) is 5.10 Å². The third kappa shape index (κ3) is 2.96. The molecule has 0 fully saturated rings. The van der Waals surface area contributed by atoms with Crippen molar-refractivity contribution in [2.24, 2.45) is 10.8 Å². The van der Waals surface area contributed by atoms with Gasteiger partial charge in [0.15, 0.2) is 5.11 Å². The summed E-state index contributed by atoms with van der Waals surface area (Å²) in [5, 5.41) is 6.99. The lowest BCUT2D eigenvalue weighted by Crippen LogP contribution is -2.31. The van der Waals surface area contributed by atoms with Gasteiger partial charge >= 0.3 is 0 Å². The molecule has 112 valence electrons. The Bertz CT molecular complexity index is 728. The van der Waals surface area contributed by atoms with Gasteiger partial charge in [0.25, 0.3) is 0 Å². The molecule has 1 heterocycles. The van der Waals surface area contributed by atoms with Crippen molar-refractivity contribution in [3.05, 3.63) is 70.5 Å². The minimum Gasteiger partial charge on any atom is -0.375 e. The number of rotatable bonds is 2. The summed E-state index contributed by atoms with van der Waals surface area (Å²) in [7, 11) is 0. The molecule has 2 aromatic rings. The second-order valence-electron chi connectivity index (χ2n) is 5.01. The van der Waals surface area contributed by atoms with Gasteiger partial charge in [-0.1, -0.05) is 35.9 Å². The highest BCUT2D eigenvalue weighted by Crippen LogP contribution is 2.33. The van der Waals surface area contributed by atoms with Crippen molar-refractivity contribution in [3.8, 4) is 0 Å². The zero-order valence-electron chi connectivity index (χ0n) is 11.5. The van der Waals surface area contributed by atoms with Crippen molar-refractivity contribution in [3.63, 3.8) is 0 Å². The fraction of sp³-hybridized carbons (Fsp3) is 0.125. The van der Waals surface area contributed by atoms with Crippen LogP contribution in [0.5, 0.6) is 0 Å². The first-order valence-corrected chi connectivity index (χ1v) is 7.51. The number of thiocarbonyl (C=S) groups is 1. The lowest BCUT2D eigenvalue weighted by atomic mass is 9.98. The zero-order valence-corrected chi connectivity index (χ0v) is 13.1. The average Bonchev–Trinajstić information content (AvgIpc) is 2.94. The fourth-order valence-electron chi connectivity index (χ4n) is 2.47. The van der Waals surface area contributed by atoms with E-state index in [-0.39, 0.29) is 17.0 Å². The van der Waals surface area contributed by atoms with E-state index in [0.29, 0.717) is 11.4 Å². The molecular weight excluding hydrogens is 321 g/mol. The van der Waals surface area contributed by atoms with Gasteiger partial charge in [-0.3, -0.25) is 0 Å². The molecule has 0 aliphatic carbocycles. The summed E-state index contributed by atoms with van der Waals surface area (Å²) in [5.74, 6) is -0.275. The molecule has 1 aliphatic heterocycles. The van der Waals surface area contributed by atoms with E-state index in [1.165, 1.54) is 12.1 Å². The van der Waals surface area contributed by atoms with Crippen molar-refractivity contribution in [2.45, 2.75) is 12.5 Å². The third-order valence-electron chi connectivity index (χ3n) is 3.57. The first kappa shape index (κ1) is 14.9. The van der Waals surface area contributed by atoms with E-state index in [9.17, 15) is 4.39 Å². The quantitative estimate of drug-likeness (QED) is 0.848. The Hall–Kier alpha value is -1.98. The maximum absolute atomic E-state index is 13.1. The van der Waals surface area contributed by atoms with E-state index in [0.717, 1.165) is 16.8 Å². The lowest BCUT2D eigenvalue weighted by molar-refractivity contribution is 0.373. The van der Waals surface area contributed by atoms with E-state index in [4.69, 9.17) is 29.6 Å². The molecular formula is C16H13ClFN3S. The second-order valence-corrected chi connectivity index (χ2v) is 5.86. The molecule has 1 atom stereocenters. The molecule has 1 aliphatic rings. The van der Waals surface area contributed by atoms with Gasteiger partial charge in [0.05, 0.1) is 11.8 Å². The summed E-state index contributed by atoms with van der Waals surface area (Å²) >= 11 is 11.0. The van der Waals surface area contributed by atoms with Crippen LogP contribution in [-0.4, -0.2) is 15.8 Å². The number of halogens is 2. The predicted molar refractivity (Wildman–Crippen MR) is 90.4 cm³/mol. The predicted octanol–water partition coefficient (Wildman–Crippen LogP) is 3.87. The highest BCUT2D eigenvalue weighted by Gasteiger charge is 2.30. The molecule has 0 amide bonds. The number of hydrogen-bond acceptors (Lipinski definition) is 2. The van der Waals surface area contributed by atoms with Gasteiger partial charge in [0.1, 0.15) is 5.82 Å². The number of benzene rings is 2. The van der Waals surface area contributed by atoms with Crippen LogP contribution in [0.15, 0.2) is 53.6 Å². The Morgan fingerprint density at radius 3 is 2.41 bits per heavy atom. The van der Waals surface area contributed by atoms with Crippen LogP contribution in [0.4, 0.5) is 4.39 Å². The minimum atomic E-state index is -0.275. The van der Waals surface area contributed by atoms with Crippen LogP contribution < -0.4 is 5.73 Å². The van der Waals surface area contributed by atoms with Gasteiger partial charge in [0.2, 0.25) is 0 Å². The normalized spacial score (nSPS) is 17.5. The summed E-state index contributed by atoms with van der Waals surface area (Å²) in [4.78, 5) is 0. The molecule has 2 N–H and O–H groups in total. The van der Waals surface area contributed by atoms with Gasteiger partial charge in [-0.05, 0) is 47.6 Å². The van der Waals surface area contributed by atoms with E-state index in [1.54, 1.807) is 17.1 Å². The molecule has 0 bridgehead atoms. The molecule has 0 radical (unpaired) electrons. The SMILES string of the molecule is NC(=S)N1N=C(c2ccc(F)cc2)C[C@H]1c1ccc(Cl)cc1. The van der Waals surface area contributed by atoms with E-state index in [2.05, 4.69) is 5.10 Å². The topological polar surface area (TPSA) is 41.6 Å². The van der Waals surface area contributed by atoms with Crippen molar-refractivity contribution >= 4 is 34.6 Å². The van der Waals surface area contributed by atoms with Crippen LogP contribution in [-0.2, 0) is 0 Å². The zero-order chi connectivity index (χ0) is 15.7. The van der Waals surface area contributed by atoms with Gasteiger partial charge in [-0.15, -0.1) is 0 Å². The standard InChI is InChI=1S/C16H13ClFN3S/c17-12-5-1-11(2-6-12)15-9-14(20-21(15)16(19)22)10-3-7-13(18)8-4-10/h1-8,15H,9H2,(H2,19,22)/t15-/m0/s1. The second kappa shape index (κ2) is 6.02. The maximum atomic E-state index is 13.1. The Balaban J connectivity index is 1.92. The van der Waals surface area contributed by atoms with Crippen molar-refractivity contribution in [1.29, 1.82) is 0 Å². The first-order valence-electron chi connectivity index (χ1n) is 6.72. The van der Waals surface area contributed by atoms with Gasteiger partial charge in [-0.25, -0.2) is 9.40 Å². The Labute approximate surface area is 138 Å². The summed E-state index contributed by atoms with van der Waals surface area (Å²) in [6.45, 7) is 0. The van der Waals surface area contributed by atoms with Crippen LogP contribution in [0.2, 0.25) is 5.02 Å². The van der Waals surface area contributed by atoms with Crippen molar-refractivity contribution < 1.29 is 4.39 Å². The fourth-order valence-corrected chi connectivity index (χ4v) is 2.77. The van der Waals surface area contributed by atoms with Crippen LogP contribution in [0.1, 0.15) is 23.6 Å². The maximum Gasteiger partial charge on any atom is 0.187 e. The van der Waals surface area contributed by atoms with E-state index >= 15 is 0 Å². The molecule has 0 saturated heterocycles. The third-order valence-corrected chi connectivity index (χ3v) is 4.01. The number of hydrazone groups is 1. The smallest absolute Gasteiger partial charge is 0.187 e. The van der Waals surface area contributed by atoms with Crippen molar-refractivity contribution in [2.75, 3.05) is 0 Å². The summed E-state index contributed by atoms with van der Waals surface area (Å²) in [5.41, 5.74) is 8.50. The minimum absolute atomic E-state index is 0.0742. The lowest BCUT2D eigenvalue weighted by Gasteiger charge is -2.21. The molecule has 3 nitrogen and oxygen atoms in total. The molecule has 2 aromatic carbocycles. The van der Waals surface area contributed by atoms with Gasteiger partial charge in [0, 0.05) is 11.4 Å². The average molecular weight is 334 g/mol. The van der Waals surface area contributed by atoms with Crippen LogP contribution in [0.25, 0.3) is 0 Å². The Morgan fingerprint density at radius 1 is 1.18 bits per heavy atom. The highest BCUT2D eigenvalue weighted by atomic mass is 35.5. The van der Waals surface area contributed by atoms with Crippen LogP contribution >= 0.6 is 23.8 Å². The summed E-state index contributed by atoms with van der Waals surface area (Å²) in [6.07, 6.45) is 0.643. The molecule has 0 unspecified atom stereocenters. The van der Waals surface area contributed by atoms with Crippen molar-refractivity contribution in [1.82, 2.24) is 5.01 Å². The van der Waals surface area contributed by atoms with Crippen LogP contribution in [0.3, 0.4) is 0 Å². The van der Waals surface area contributed by atoms with Gasteiger partial charge < -0.3 is 5.73 Å². The Morgan fingerprint density at radius 2 is 1.82 bits per heavy atom. The number of nitrogens with two attached hydrogens (primary N) is 1. The molecule has 0 aromatic heterocycles. The molecule has 0 spiro atoms. The number of nitrogens with zero attached hydrogens (tertiary/aromatic N) is 2. The molecule has 6 heteroatoms. The monoisotopic (exact) mass is 333 g/mol. The summed E-state index contributed by atoms with van der Waals surface area (Å²) in [6, 6.07) is 13.7. The highest BCUT2D eigenvalue weighted by molar-refractivity contribution is 7.80. The van der Waals surface area contributed by atoms with Crippen LogP contribution in [0, 0.1) is 5.82 Å². The number of hydrogen-bond donors (Lipinski definition) is 1. The Kier molecular flexibility index (Phi) is 4.09. The summed E-state index contributed by atoms with van der Waals surface area (Å²) < 4.78 is 13.1. The largest absolute Gasteiger partial charge is 0.375 e. The first-order chi connectivity index (χ1) is 10.5. The van der Waals surface area contributed by atoms with E-state index < -0.39 is 0 Å².